The Bertz CT molecular complexity index is 518. The summed E-state index contributed by atoms with van der Waals surface area (Å²) in [5.41, 5.74) is 0.668. The molecular weight excluding hydrogens is 230 g/mol. The SMILES string of the molecule is CC1(c2nc(-c3ccncn3)no2)CCNCC1. The molecule has 0 spiro atoms. The van der Waals surface area contributed by atoms with Gasteiger partial charge in [0.15, 0.2) is 0 Å². The molecule has 0 aromatic carbocycles. The molecule has 0 atom stereocenters. The highest BCUT2D eigenvalue weighted by molar-refractivity contribution is 5.46. The van der Waals surface area contributed by atoms with E-state index in [0.717, 1.165) is 25.9 Å². The number of aromatic nitrogens is 4. The maximum atomic E-state index is 5.41. The lowest BCUT2D eigenvalue weighted by Gasteiger charge is -2.30. The molecule has 1 fully saturated rings. The fraction of sp³-hybridized carbons (Fsp3) is 0.500. The van der Waals surface area contributed by atoms with Gasteiger partial charge in [0.05, 0.1) is 0 Å². The summed E-state index contributed by atoms with van der Waals surface area (Å²) in [6.07, 6.45) is 5.18. The fourth-order valence-electron chi connectivity index (χ4n) is 2.19. The second-order valence-corrected chi connectivity index (χ2v) is 4.83. The van der Waals surface area contributed by atoms with Crippen LogP contribution in [-0.4, -0.2) is 33.2 Å². The van der Waals surface area contributed by atoms with Gasteiger partial charge in [0, 0.05) is 11.6 Å². The van der Waals surface area contributed by atoms with E-state index >= 15 is 0 Å². The van der Waals surface area contributed by atoms with Gasteiger partial charge in [-0.05, 0) is 32.0 Å². The average Bonchev–Trinajstić information content (AvgIpc) is 2.91. The average molecular weight is 245 g/mol. The molecule has 0 unspecified atom stereocenters. The molecule has 6 nitrogen and oxygen atoms in total. The van der Waals surface area contributed by atoms with Crippen LogP contribution in [0.2, 0.25) is 0 Å². The number of rotatable bonds is 2. The molecule has 1 aliphatic rings. The third-order valence-electron chi connectivity index (χ3n) is 3.46. The maximum Gasteiger partial charge on any atom is 0.233 e. The first-order chi connectivity index (χ1) is 8.78. The summed E-state index contributed by atoms with van der Waals surface area (Å²) in [5, 5.41) is 7.35. The minimum atomic E-state index is -0.0243. The number of hydrogen-bond acceptors (Lipinski definition) is 6. The second-order valence-electron chi connectivity index (χ2n) is 4.83. The Morgan fingerprint density at radius 1 is 1.33 bits per heavy atom. The molecule has 1 aliphatic heterocycles. The van der Waals surface area contributed by atoms with E-state index in [4.69, 9.17) is 4.52 Å². The number of piperidine rings is 1. The highest BCUT2D eigenvalue weighted by atomic mass is 16.5. The molecule has 0 radical (unpaired) electrons. The predicted octanol–water partition coefficient (Wildman–Crippen LogP) is 1.17. The van der Waals surface area contributed by atoms with Crippen molar-refractivity contribution in [2.75, 3.05) is 13.1 Å². The lowest BCUT2D eigenvalue weighted by molar-refractivity contribution is 0.241. The zero-order valence-electron chi connectivity index (χ0n) is 10.3. The van der Waals surface area contributed by atoms with Crippen LogP contribution in [0.3, 0.4) is 0 Å². The first kappa shape index (κ1) is 11.3. The van der Waals surface area contributed by atoms with Crippen molar-refractivity contribution in [1.29, 1.82) is 0 Å². The van der Waals surface area contributed by atoms with E-state index in [1.165, 1.54) is 6.33 Å². The van der Waals surface area contributed by atoms with E-state index in [9.17, 15) is 0 Å². The van der Waals surface area contributed by atoms with Crippen molar-refractivity contribution in [1.82, 2.24) is 25.4 Å². The van der Waals surface area contributed by atoms with Crippen molar-refractivity contribution in [3.8, 4) is 11.5 Å². The standard InChI is InChI=1S/C12H15N5O/c1-12(3-6-13-7-4-12)11-16-10(17-18-11)9-2-5-14-8-15-9/h2,5,8,13H,3-4,6-7H2,1H3. The van der Waals surface area contributed by atoms with Crippen molar-refractivity contribution in [2.24, 2.45) is 0 Å². The quantitative estimate of drug-likeness (QED) is 0.855. The Labute approximate surface area is 105 Å². The largest absolute Gasteiger partial charge is 0.338 e. The van der Waals surface area contributed by atoms with Gasteiger partial charge < -0.3 is 9.84 Å². The van der Waals surface area contributed by atoms with E-state index in [-0.39, 0.29) is 5.41 Å². The van der Waals surface area contributed by atoms with Crippen LogP contribution in [0.25, 0.3) is 11.5 Å². The summed E-state index contributed by atoms with van der Waals surface area (Å²) in [5.74, 6) is 1.24. The molecule has 94 valence electrons. The van der Waals surface area contributed by atoms with Crippen LogP contribution in [-0.2, 0) is 5.41 Å². The summed E-state index contributed by atoms with van der Waals surface area (Å²) < 4.78 is 5.41. The van der Waals surface area contributed by atoms with Crippen molar-refractivity contribution in [3.05, 3.63) is 24.5 Å². The molecule has 0 bridgehead atoms. The zero-order valence-corrected chi connectivity index (χ0v) is 10.3. The van der Waals surface area contributed by atoms with Crippen LogP contribution in [0.5, 0.6) is 0 Å². The van der Waals surface area contributed by atoms with Gasteiger partial charge in [-0.1, -0.05) is 12.1 Å². The third-order valence-corrected chi connectivity index (χ3v) is 3.46. The predicted molar refractivity (Wildman–Crippen MR) is 64.8 cm³/mol. The minimum Gasteiger partial charge on any atom is -0.338 e. The lowest BCUT2D eigenvalue weighted by Crippen LogP contribution is -2.37. The molecule has 6 heteroatoms. The summed E-state index contributed by atoms with van der Waals surface area (Å²) >= 11 is 0. The van der Waals surface area contributed by atoms with Crippen LogP contribution in [0.4, 0.5) is 0 Å². The normalized spacial score (nSPS) is 18.7. The van der Waals surface area contributed by atoms with Crippen molar-refractivity contribution < 1.29 is 4.52 Å². The van der Waals surface area contributed by atoms with E-state index in [1.807, 2.05) is 0 Å². The third kappa shape index (κ3) is 1.99. The van der Waals surface area contributed by atoms with Crippen molar-refractivity contribution in [3.63, 3.8) is 0 Å². The van der Waals surface area contributed by atoms with Gasteiger partial charge in [-0.3, -0.25) is 0 Å². The molecule has 3 heterocycles. The summed E-state index contributed by atoms with van der Waals surface area (Å²) in [6, 6.07) is 1.78. The van der Waals surface area contributed by atoms with Crippen LogP contribution in [0.15, 0.2) is 23.1 Å². The van der Waals surface area contributed by atoms with Crippen LogP contribution < -0.4 is 5.32 Å². The first-order valence-corrected chi connectivity index (χ1v) is 6.09. The molecule has 3 rings (SSSR count). The van der Waals surface area contributed by atoms with Gasteiger partial charge in [0.1, 0.15) is 12.0 Å². The molecular formula is C12H15N5O. The zero-order chi connectivity index (χ0) is 12.4. The molecule has 1 saturated heterocycles. The monoisotopic (exact) mass is 245 g/mol. The fourth-order valence-corrected chi connectivity index (χ4v) is 2.19. The lowest BCUT2D eigenvalue weighted by atomic mass is 9.81. The Hall–Kier alpha value is -1.82. The highest BCUT2D eigenvalue weighted by Crippen LogP contribution is 2.32. The smallest absolute Gasteiger partial charge is 0.233 e. The number of hydrogen-bond donors (Lipinski definition) is 1. The molecule has 2 aromatic heterocycles. The molecule has 0 saturated carbocycles. The van der Waals surface area contributed by atoms with Gasteiger partial charge in [0.25, 0.3) is 0 Å². The van der Waals surface area contributed by atoms with Crippen LogP contribution >= 0.6 is 0 Å². The van der Waals surface area contributed by atoms with Gasteiger partial charge >= 0.3 is 0 Å². The van der Waals surface area contributed by atoms with Crippen LogP contribution in [0, 0.1) is 0 Å². The molecule has 2 aromatic rings. The Balaban J connectivity index is 1.89. The Kier molecular flexibility index (Phi) is 2.79. The maximum absolute atomic E-state index is 5.41. The van der Waals surface area contributed by atoms with Gasteiger partial charge in [-0.25, -0.2) is 9.97 Å². The minimum absolute atomic E-state index is 0.0243. The summed E-state index contributed by atoms with van der Waals surface area (Å²) in [7, 11) is 0. The molecule has 0 amide bonds. The Morgan fingerprint density at radius 3 is 2.89 bits per heavy atom. The molecule has 1 N–H and O–H groups in total. The molecule has 0 aliphatic carbocycles. The van der Waals surface area contributed by atoms with E-state index in [0.29, 0.717) is 17.4 Å². The summed E-state index contributed by atoms with van der Waals surface area (Å²) in [4.78, 5) is 12.5. The molecule has 18 heavy (non-hydrogen) atoms. The van der Waals surface area contributed by atoms with Gasteiger partial charge in [0.2, 0.25) is 11.7 Å². The number of nitrogens with one attached hydrogen (secondary N) is 1. The highest BCUT2D eigenvalue weighted by Gasteiger charge is 2.34. The van der Waals surface area contributed by atoms with Crippen molar-refractivity contribution in [2.45, 2.75) is 25.2 Å². The van der Waals surface area contributed by atoms with Gasteiger partial charge in [-0.2, -0.15) is 4.98 Å². The topological polar surface area (TPSA) is 76.7 Å². The number of nitrogens with zero attached hydrogens (tertiary/aromatic N) is 4. The summed E-state index contributed by atoms with van der Waals surface area (Å²) in [6.45, 7) is 4.15. The van der Waals surface area contributed by atoms with E-state index in [2.05, 4.69) is 32.3 Å². The Morgan fingerprint density at radius 2 is 2.17 bits per heavy atom. The van der Waals surface area contributed by atoms with Crippen LogP contribution in [0.1, 0.15) is 25.7 Å². The van der Waals surface area contributed by atoms with E-state index in [1.54, 1.807) is 12.3 Å². The van der Waals surface area contributed by atoms with Crippen molar-refractivity contribution >= 4 is 0 Å². The van der Waals surface area contributed by atoms with Gasteiger partial charge in [-0.15, -0.1) is 0 Å². The first-order valence-electron chi connectivity index (χ1n) is 6.09. The van der Waals surface area contributed by atoms with E-state index < -0.39 is 0 Å². The second kappa shape index (κ2) is 4.45.